The van der Waals surface area contributed by atoms with Crippen molar-refractivity contribution in [2.75, 3.05) is 6.61 Å². The summed E-state index contributed by atoms with van der Waals surface area (Å²) in [6.45, 7) is 6.74. The second-order valence-electron chi connectivity index (χ2n) is 4.70. The van der Waals surface area contributed by atoms with E-state index in [1.165, 1.54) is 0 Å². The average Bonchev–Trinajstić information content (AvgIpc) is 2.45. The van der Waals surface area contributed by atoms with Crippen molar-refractivity contribution in [2.24, 2.45) is 0 Å². The second-order valence-corrected chi connectivity index (χ2v) is 4.70. The summed E-state index contributed by atoms with van der Waals surface area (Å²) in [6.07, 6.45) is 0.836. The maximum Gasteiger partial charge on any atom is 0.215 e. The minimum Gasteiger partial charge on any atom is -0.474 e. The van der Waals surface area contributed by atoms with Crippen molar-refractivity contribution < 1.29 is 9.13 Å². The summed E-state index contributed by atoms with van der Waals surface area (Å²) in [7, 11) is 0. The molecule has 2 rings (SSSR count). The molecule has 0 radical (unpaired) electrons. The third-order valence-electron chi connectivity index (χ3n) is 2.37. The van der Waals surface area contributed by atoms with Crippen molar-refractivity contribution in [1.29, 1.82) is 0 Å². The lowest BCUT2D eigenvalue weighted by molar-refractivity contribution is 0.123. The predicted octanol–water partition coefficient (Wildman–Crippen LogP) is 1.91. The zero-order chi connectivity index (χ0) is 10.3. The van der Waals surface area contributed by atoms with Crippen LogP contribution in [0.1, 0.15) is 26.3 Å². The topological polar surface area (TPSA) is 27.1 Å². The van der Waals surface area contributed by atoms with Crippen LogP contribution in [0, 0.1) is 0 Å². The largest absolute Gasteiger partial charge is 0.474 e. The molecule has 4 heteroatoms. The number of halogens is 1. The van der Waals surface area contributed by atoms with Gasteiger partial charge in [-0.15, -0.1) is 0 Å². The molecule has 0 aliphatic carbocycles. The first-order valence-electron chi connectivity index (χ1n) is 4.81. The summed E-state index contributed by atoms with van der Waals surface area (Å²) in [5.41, 5.74) is 1.04. The first-order chi connectivity index (χ1) is 6.48. The molecule has 1 aromatic heterocycles. The van der Waals surface area contributed by atoms with Crippen LogP contribution in [0.4, 0.5) is 4.39 Å². The molecule has 2 heterocycles. The van der Waals surface area contributed by atoms with E-state index in [0.29, 0.717) is 6.54 Å². The molecule has 0 aromatic carbocycles. The van der Waals surface area contributed by atoms with Gasteiger partial charge >= 0.3 is 0 Å². The standard InChI is InChI=1S/C10H15FN2O/c1-10(2,3)8-4-12-13-5-7(11)6-14-9(8)13/h4,7H,5-6H2,1-3H3. The number of hydrogen-bond donors (Lipinski definition) is 0. The van der Waals surface area contributed by atoms with Crippen LogP contribution in [0.25, 0.3) is 0 Å². The number of hydrogen-bond acceptors (Lipinski definition) is 2. The first kappa shape index (κ1) is 9.49. The Morgan fingerprint density at radius 2 is 2.29 bits per heavy atom. The molecule has 0 saturated heterocycles. The number of rotatable bonds is 0. The fourth-order valence-electron chi connectivity index (χ4n) is 1.58. The fraction of sp³-hybridized carbons (Fsp3) is 0.700. The molecule has 0 N–H and O–H groups in total. The van der Waals surface area contributed by atoms with Gasteiger partial charge in [0, 0.05) is 5.56 Å². The van der Waals surface area contributed by atoms with E-state index in [4.69, 9.17) is 4.74 Å². The lowest BCUT2D eigenvalue weighted by Crippen LogP contribution is -2.28. The van der Waals surface area contributed by atoms with Crippen LogP contribution in [-0.4, -0.2) is 22.6 Å². The van der Waals surface area contributed by atoms with E-state index in [-0.39, 0.29) is 12.0 Å². The molecule has 0 amide bonds. The van der Waals surface area contributed by atoms with E-state index in [1.807, 2.05) is 0 Å². The highest BCUT2D eigenvalue weighted by Gasteiger charge is 2.28. The number of nitrogens with zero attached hydrogens (tertiary/aromatic N) is 2. The molecule has 0 bridgehead atoms. The molecule has 14 heavy (non-hydrogen) atoms. The summed E-state index contributed by atoms with van der Waals surface area (Å²) in [4.78, 5) is 0. The van der Waals surface area contributed by atoms with Gasteiger partial charge in [-0.25, -0.2) is 9.07 Å². The van der Waals surface area contributed by atoms with Crippen molar-refractivity contribution in [3.63, 3.8) is 0 Å². The maximum atomic E-state index is 13.0. The first-order valence-corrected chi connectivity index (χ1v) is 4.81. The lowest BCUT2D eigenvalue weighted by atomic mass is 9.89. The van der Waals surface area contributed by atoms with Gasteiger partial charge in [-0.1, -0.05) is 20.8 Å². The Kier molecular flexibility index (Phi) is 2.01. The van der Waals surface area contributed by atoms with Gasteiger partial charge in [0.2, 0.25) is 5.88 Å². The molecular weight excluding hydrogens is 183 g/mol. The van der Waals surface area contributed by atoms with E-state index >= 15 is 0 Å². The summed E-state index contributed by atoms with van der Waals surface area (Å²) in [5.74, 6) is 0.728. The van der Waals surface area contributed by atoms with Gasteiger partial charge in [0.05, 0.1) is 12.7 Å². The minimum absolute atomic E-state index is 0.00324. The fourth-order valence-corrected chi connectivity index (χ4v) is 1.58. The van der Waals surface area contributed by atoms with Crippen LogP contribution in [0.2, 0.25) is 0 Å². The summed E-state index contributed by atoms with van der Waals surface area (Å²) < 4.78 is 19.9. The molecule has 1 aliphatic rings. The Labute approximate surface area is 82.9 Å². The van der Waals surface area contributed by atoms with Crippen molar-refractivity contribution in [3.8, 4) is 5.88 Å². The Hall–Kier alpha value is -1.06. The lowest BCUT2D eigenvalue weighted by Gasteiger charge is -2.23. The summed E-state index contributed by atoms with van der Waals surface area (Å²) >= 11 is 0. The van der Waals surface area contributed by atoms with Crippen LogP contribution >= 0.6 is 0 Å². The molecule has 0 fully saturated rings. The van der Waals surface area contributed by atoms with Crippen molar-refractivity contribution in [1.82, 2.24) is 9.78 Å². The normalized spacial score (nSPS) is 21.6. The molecule has 0 saturated carbocycles. The maximum absolute atomic E-state index is 13.0. The van der Waals surface area contributed by atoms with E-state index in [9.17, 15) is 4.39 Å². The van der Waals surface area contributed by atoms with Crippen LogP contribution in [0.3, 0.4) is 0 Å². The molecule has 1 unspecified atom stereocenters. The van der Waals surface area contributed by atoms with Gasteiger partial charge in [0.25, 0.3) is 0 Å². The Morgan fingerprint density at radius 3 is 2.93 bits per heavy atom. The predicted molar refractivity (Wildman–Crippen MR) is 51.3 cm³/mol. The number of aromatic nitrogens is 2. The molecule has 3 nitrogen and oxygen atoms in total. The zero-order valence-electron chi connectivity index (χ0n) is 8.75. The quantitative estimate of drug-likeness (QED) is 0.636. The van der Waals surface area contributed by atoms with Crippen LogP contribution < -0.4 is 4.74 Å². The van der Waals surface area contributed by atoms with E-state index in [1.54, 1.807) is 10.9 Å². The van der Waals surface area contributed by atoms with Gasteiger partial charge in [-0.3, -0.25) is 0 Å². The van der Waals surface area contributed by atoms with Gasteiger partial charge < -0.3 is 4.74 Å². The summed E-state index contributed by atoms with van der Waals surface area (Å²) in [5, 5.41) is 4.13. The smallest absolute Gasteiger partial charge is 0.215 e. The highest BCUT2D eigenvalue weighted by molar-refractivity contribution is 5.31. The van der Waals surface area contributed by atoms with Crippen LogP contribution in [0.15, 0.2) is 6.20 Å². The van der Waals surface area contributed by atoms with Gasteiger partial charge in [0.15, 0.2) is 6.17 Å². The van der Waals surface area contributed by atoms with Crippen molar-refractivity contribution >= 4 is 0 Å². The number of ether oxygens (including phenoxy) is 1. The molecule has 1 aromatic rings. The van der Waals surface area contributed by atoms with E-state index in [2.05, 4.69) is 25.9 Å². The van der Waals surface area contributed by atoms with E-state index < -0.39 is 6.17 Å². The Morgan fingerprint density at radius 1 is 1.57 bits per heavy atom. The number of fused-ring (bicyclic) bond motifs is 1. The van der Waals surface area contributed by atoms with Crippen molar-refractivity contribution in [2.45, 2.75) is 38.9 Å². The molecular formula is C10H15FN2O. The minimum atomic E-state index is -0.935. The average molecular weight is 198 g/mol. The monoisotopic (exact) mass is 198 g/mol. The zero-order valence-corrected chi connectivity index (χ0v) is 8.75. The Balaban J connectivity index is 2.38. The van der Waals surface area contributed by atoms with Crippen molar-refractivity contribution in [3.05, 3.63) is 11.8 Å². The highest BCUT2D eigenvalue weighted by atomic mass is 19.1. The van der Waals surface area contributed by atoms with Gasteiger partial charge in [0.1, 0.15) is 6.61 Å². The summed E-state index contributed by atoms with van der Waals surface area (Å²) in [6, 6.07) is 0. The number of alkyl halides is 1. The van der Waals surface area contributed by atoms with Gasteiger partial charge in [-0.2, -0.15) is 5.10 Å². The molecule has 1 atom stereocenters. The van der Waals surface area contributed by atoms with E-state index in [0.717, 1.165) is 11.4 Å². The Bertz CT molecular complexity index is 340. The van der Waals surface area contributed by atoms with Crippen LogP contribution in [-0.2, 0) is 12.0 Å². The van der Waals surface area contributed by atoms with Gasteiger partial charge in [-0.05, 0) is 5.41 Å². The SMILES string of the molecule is CC(C)(C)c1cnn2c1OCC(F)C2. The molecule has 0 spiro atoms. The van der Waals surface area contributed by atoms with Crippen LogP contribution in [0.5, 0.6) is 5.88 Å². The molecule has 78 valence electrons. The highest BCUT2D eigenvalue weighted by Crippen LogP contribution is 2.33. The third-order valence-corrected chi connectivity index (χ3v) is 2.37. The molecule has 1 aliphatic heterocycles. The third kappa shape index (κ3) is 1.49. The second kappa shape index (κ2) is 2.97.